The SMILES string of the molecule is Cn1c(=O)n(Cc2ccc(Cl)c(Cl)c2)c(=O)c2c1ncn2CCOC1CCCCO1. The largest absolute Gasteiger partial charge is 0.353 e. The van der Waals surface area contributed by atoms with Crippen molar-refractivity contribution in [3.63, 3.8) is 0 Å². The average Bonchev–Trinajstić information content (AvgIpc) is 3.17. The van der Waals surface area contributed by atoms with Gasteiger partial charge in [-0.05, 0) is 37.0 Å². The summed E-state index contributed by atoms with van der Waals surface area (Å²) >= 11 is 12.0. The maximum absolute atomic E-state index is 13.2. The van der Waals surface area contributed by atoms with Crippen LogP contribution >= 0.6 is 23.2 Å². The molecule has 1 saturated heterocycles. The Morgan fingerprint density at radius 2 is 2.07 bits per heavy atom. The molecule has 0 saturated carbocycles. The number of hydrogen-bond acceptors (Lipinski definition) is 5. The van der Waals surface area contributed by atoms with Crippen LogP contribution < -0.4 is 11.2 Å². The molecule has 0 radical (unpaired) electrons. The summed E-state index contributed by atoms with van der Waals surface area (Å²) in [5, 5.41) is 0.781. The van der Waals surface area contributed by atoms with Crippen molar-refractivity contribution in [3.8, 4) is 0 Å². The minimum absolute atomic E-state index is 0.0793. The van der Waals surface area contributed by atoms with E-state index in [1.165, 1.54) is 9.13 Å². The molecule has 0 spiro atoms. The van der Waals surface area contributed by atoms with Gasteiger partial charge >= 0.3 is 5.69 Å². The third-order valence-electron chi connectivity index (χ3n) is 5.20. The molecule has 1 aliphatic rings. The molecule has 30 heavy (non-hydrogen) atoms. The summed E-state index contributed by atoms with van der Waals surface area (Å²) in [6, 6.07) is 5.02. The molecule has 0 bridgehead atoms. The van der Waals surface area contributed by atoms with Gasteiger partial charge in [-0.15, -0.1) is 0 Å². The number of aryl methyl sites for hydroxylation is 1. The van der Waals surface area contributed by atoms with Crippen LogP contribution in [0.4, 0.5) is 0 Å². The predicted molar refractivity (Wildman–Crippen MR) is 114 cm³/mol. The van der Waals surface area contributed by atoms with E-state index in [9.17, 15) is 9.59 Å². The third-order valence-corrected chi connectivity index (χ3v) is 5.94. The number of benzene rings is 1. The minimum Gasteiger partial charge on any atom is -0.353 e. The molecule has 3 heterocycles. The monoisotopic (exact) mass is 452 g/mol. The van der Waals surface area contributed by atoms with E-state index in [0.717, 1.165) is 19.3 Å². The first-order valence-electron chi connectivity index (χ1n) is 9.77. The zero-order chi connectivity index (χ0) is 21.3. The smallest absolute Gasteiger partial charge is 0.332 e. The maximum atomic E-state index is 13.2. The Hall–Kier alpha value is -2.13. The van der Waals surface area contributed by atoms with E-state index < -0.39 is 11.2 Å². The Kier molecular flexibility index (Phi) is 6.29. The highest BCUT2D eigenvalue weighted by molar-refractivity contribution is 6.42. The van der Waals surface area contributed by atoms with Crippen LogP contribution in [0.25, 0.3) is 11.2 Å². The lowest BCUT2D eigenvalue weighted by Crippen LogP contribution is -2.40. The second kappa shape index (κ2) is 8.93. The topological polar surface area (TPSA) is 80.3 Å². The highest BCUT2D eigenvalue weighted by Gasteiger charge is 2.18. The Balaban J connectivity index is 1.63. The molecule has 1 aromatic carbocycles. The predicted octanol–water partition coefficient (Wildman–Crippen LogP) is 2.80. The first-order chi connectivity index (χ1) is 14.5. The number of fused-ring (bicyclic) bond motifs is 1. The Bertz CT molecular complexity index is 1180. The molecule has 3 aromatic rings. The number of rotatable bonds is 6. The van der Waals surface area contributed by atoms with E-state index in [2.05, 4.69) is 4.98 Å². The molecule has 0 aliphatic carbocycles. The summed E-state index contributed by atoms with van der Waals surface area (Å²) in [4.78, 5) is 30.2. The Labute approximate surface area is 182 Å². The molecule has 0 amide bonds. The van der Waals surface area contributed by atoms with Crippen molar-refractivity contribution < 1.29 is 9.47 Å². The van der Waals surface area contributed by atoms with Crippen molar-refractivity contribution >= 4 is 34.4 Å². The Morgan fingerprint density at radius 3 is 2.80 bits per heavy atom. The van der Waals surface area contributed by atoms with Gasteiger partial charge in [-0.25, -0.2) is 9.78 Å². The Morgan fingerprint density at radius 1 is 1.23 bits per heavy atom. The summed E-state index contributed by atoms with van der Waals surface area (Å²) in [6.07, 6.45) is 4.36. The average molecular weight is 453 g/mol. The van der Waals surface area contributed by atoms with Gasteiger partial charge in [-0.2, -0.15) is 0 Å². The maximum Gasteiger partial charge on any atom is 0.332 e. The van der Waals surface area contributed by atoms with E-state index in [0.29, 0.717) is 46.5 Å². The lowest BCUT2D eigenvalue weighted by Gasteiger charge is -2.22. The summed E-state index contributed by atoms with van der Waals surface area (Å²) < 4.78 is 15.6. The molecular weight excluding hydrogens is 431 g/mol. The van der Waals surface area contributed by atoms with E-state index in [4.69, 9.17) is 32.7 Å². The number of imidazole rings is 1. The summed E-state index contributed by atoms with van der Waals surface area (Å²) in [5.41, 5.74) is 0.530. The van der Waals surface area contributed by atoms with Gasteiger partial charge in [0.2, 0.25) is 0 Å². The van der Waals surface area contributed by atoms with Gasteiger partial charge in [0.15, 0.2) is 17.5 Å². The van der Waals surface area contributed by atoms with Crippen LogP contribution in [0.5, 0.6) is 0 Å². The summed E-state index contributed by atoms with van der Waals surface area (Å²) in [6.45, 7) is 1.60. The van der Waals surface area contributed by atoms with Gasteiger partial charge in [-0.1, -0.05) is 29.3 Å². The lowest BCUT2D eigenvalue weighted by molar-refractivity contribution is -0.163. The van der Waals surface area contributed by atoms with Crippen LogP contribution in [0.3, 0.4) is 0 Å². The fourth-order valence-corrected chi connectivity index (χ4v) is 3.90. The molecule has 1 atom stereocenters. The molecule has 2 aromatic heterocycles. The van der Waals surface area contributed by atoms with E-state index in [1.54, 1.807) is 36.1 Å². The van der Waals surface area contributed by atoms with Crippen molar-refractivity contribution in [2.45, 2.75) is 38.6 Å². The zero-order valence-electron chi connectivity index (χ0n) is 16.5. The lowest BCUT2D eigenvalue weighted by atomic mass is 10.2. The van der Waals surface area contributed by atoms with Gasteiger partial charge in [0.25, 0.3) is 5.56 Å². The first kappa shape index (κ1) is 21.1. The summed E-state index contributed by atoms with van der Waals surface area (Å²) in [7, 11) is 1.60. The molecule has 160 valence electrons. The van der Waals surface area contributed by atoms with Gasteiger partial charge in [0.1, 0.15) is 0 Å². The van der Waals surface area contributed by atoms with Crippen LogP contribution in [0.2, 0.25) is 10.0 Å². The van der Waals surface area contributed by atoms with E-state index in [1.807, 2.05) is 0 Å². The fourth-order valence-electron chi connectivity index (χ4n) is 3.58. The zero-order valence-corrected chi connectivity index (χ0v) is 18.0. The van der Waals surface area contributed by atoms with E-state index in [-0.39, 0.29) is 12.8 Å². The molecule has 1 aliphatic heterocycles. The van der Waals surface area contributed by atoms with Crippen LogP contribution in [-0.4, -0.2) is 38.2 Å². The molecule has 0 N–H and O–H groups in total. The standard InChI is InChI=1S/C20H22Cl2N4O4/c1-24-18-17(25(12-23-18)7-9-30-16-4-2-3-8-29-16)19(27)26(20(24)28)11-13-5-6-14(21)15(22)10-13/h5-6,10,12,16H,2-4,7-9,11H2,1H3. The molecule has 8 nitrogen and oxygen atoms in total. The second-order valence-electron chi connectivity index (χ2n) is 7.26. The van der Waals surface area contributed by atoms with Gasteiger partial charge < -0.3 is 14.0 Å². The van der Waals surface area contributed by atoms with Crippen LogP contribution in [0.15, 0.2) is 34.1 Å². The number of hydrogen-bond donors (Lipinski definition) is 0. The minimum atomic E-state index is -0.448. The van der Waals surface area contributed by atoms with Gasteiger partial charge in [0.05, 0.1) is 29.5 Å². The number of nitrogens with zero attached hydrogens (tertiary/aromatic N) is 4. The van der Waals surface area contributed by atoms with Crippen molar-refractivity contribution in [3.05, 3.63) is 61.0 Å². The van der Waals surface area contributed by atoms with Crippen molar-refractivity contribution in [2.75, 3.05) is 13.2 Å². The van der Waals surface area contributed by atoms with Gasteiger partial charge in [0, 0.05) is 20.2 Å². The van der Waals surface area contributed by atoms with Crippen molar-refractivity contribution in [2.24, 2.45) is 7.05 Å². The number of aromatic nitrogens is 4. The third kappa shape index (κ3) is 4.18. The highest BCUT2D eigenvalue weighted by atomic mass is 35.5. The first-order valence-corrected chi connectivity index (χ1v) is 10.5. The van der Waals surface area contributed by atoms with Gasteiger partial charge in [-0.3, -0.25) is 13.9 Å². The molecule has 1 unspecified atom stereocenters. The van der Waals surface area contributed by atoms with E-state index >= 15 is 0 Å². The molecule has 10 heteroatoms. The molecular formula is C20H22Cl2N4O4. The summed E-state index contributed by atoms with van der Waals surface area (Å²) in [5.74, 6) is 0. The number of halogens is 2. The molecule has 4 rings (SSSR count). The normalized spacial score (nSPS) is 17.0. The van der Waals surface area contributed by atoms with Crippen molar-refractivity contribution in [1.82, 2.24) is 18.7 Å². The quantitative estimate of drug-likeness (QED) is 0.574. The van der Waals surface area contributed by atoms with Crippen LogP contribution in [0.1, 0.15) is 24.8 Å². The van der Waals surface area contributed by atoms with Crippen molar-refractivity contribution in [1.29, 1.82) is 0 Å². The number of ether oxygens (including phenoxy) is 2. The fraction of sp³-hybridized carbons (Fsp3) is 0.450. The highest BCUT2D eigenvalue weighted by Crippen LogP contribution is 2.22. The molecule has 1 fully saturated rings. The van der Waals surface area contributed by atoms with Crippen LogP contribution in [0, 0.1) is 0 Å². The van der Waals surface area contributed by atoms with Crippen LogP contribution in [-0.2, 0) is 29.6 Å². The second-order valence-corrected chi connectivity index (χ2v) is 8.07.